The Labute approximate surface area is 91.8 Å². The molecular weight excluding hydrogens is 241 g/mol. The van der Waals surface area contributed by atoms with E-state index in [0.29, 0.717) is 0 Å². The van der Waals surface area contributed by atoms with Gasteiger partial charge >= 0.3 is 12.0 Å². The van der Waals surface area contributed by atoms with E-state index in [2.05, 4.69) is 9.15 Å². The molecule has 1 heterocycles. The summed E-state index contributed by atoms with van der Waals surface area (Å²) in [5, 5.41) is 9.34. The molecule has 90 valence electrons. The van der Waals surface area contributed by atoms with Gasteiger partial charge < -0.3 is 14.3 Å². The summed E-state index contributed by atoms with van der Waals surface area (Å²) in [5.74, 6) is -0.974. The summed E-state index contributed by atoms with van der Waals surface area (Å²) >= 11 is 0. The minimum atomic E-state index is -4.82. The first kappa shape index (κ1) is 11.3. The van der Waals surface area contributed by atoms with Crippen molar-refractivity contribution in [1.82, 2.24) is 0 Å². The minimum Gasteiger partial charge on any atom is -0.507 e. The van der Waals surface area contributed by atoms with Crippen LogP contribution in [0.5, 0.6) is 11.5 Å². The Morgan fingerprint density at radius 1 is 1.24 bits per heavy atom. The van der Waals surface area contributed by atoms with Gasteiger partial charge in [-0.25, -0.2) is 4.79 Å². The standard InChI is InChI=1S/C10H5F3O4/c11-10(12,13)17-5-1-2-8-6(3-5)7(14)4-9(15)16-8/h1-4,14H. The van der Waals surface area contributed by atoms with Crippen molar-refractivity contribution in [2.24, 2.45) is 0 Å². The molecule has 0 aliphatic carbocycles. The lowest BCUT2D eigenvalue weighted by atomic mass is 10.2. The number of ether oxygens (including phenoxy) is 1. The van der Waals surface area contributed by atoms with Crippen molar-refractivity contribution in [3.8, 4) is 11.5 Å². The molecule has 2 aromatic rings. The molecule has 0 radical (unpaired) electrons. The van der Waals surface area contributed by atoms with Crippen LogP contribution >= 0.6 is 0 Å². The van der Waals surface area contributed by atoms with Gasteiger partial charge in [-0.05, 0) is 18.2 Å². The molecule has 0 spiro atoms. The summed E-state index contributed by atoms with van der Waals surface area (Å²) in [4.78, 5) is 10.9. The van der Waals surface area contributed by atoms with Crippen LogP contribution in [0.1, 0.15) is 0 Å². The molecule has 0 saturated carbocycles. The smallest absolute Gasteiger partial charge is 0.507 e. The van der Waals surface area contributed by atoms with Crippen LogP contribution in [0.15, 0.2) is 33.5 Å². The van der Waals surface area contributed by atoms with E-state index >= 15 is 0 Å². The van der Waals surface area contributed by atoms with E-state index < -0.39 is 23.5 Å². The van der Waals surface area contributed by atoms with E-state index in [4.69, 9.17) is 0 Å². The largest absolute Gasteiger partial charge is 0.573 e. The SMILES string of the molecule is O=c1cc(O)c2cc(OC(F)(F)F)ccc2o1. The topological polar surface area (TPSA) is 59.7 Å². The van der Waals surface area contributed by atoms with Gasteiger partial charge in [-0.2, -0.15) is 0 Å². The Morgan fingerprint density at radius 2 is 1.94 bits per heavy atom. The van der Waals surface area contributed by atoms with Crippen molar-refractivity contribution in [2.45, 2.75) is 6.36 Å². The van der Waals surface area contributed by atoms with Crippen LogP contribution < -0.4 is 10.4 Å². The van der Waals surface area contributed by atoms with Gasteiger partial charge in [-0.3, -0.25) is 0 Å². The van der Waals surface area contributed by atoms with E-state index in [1.807, 2.05) is 0 Å². The van der Waals surface area contributed by atoms with Crippen molar-refractivity contribution in [3.05, 3.63) is 34.7 Å². The quantitative estimate of drug-likeness (QED) is 0.785. The number of hydrogen-bond donors (Lipinski definition) is 1. The Kier molecular flexibility index (Phi) is 2.45. The molecule has 0 saturated heterocycles. The molecule has 1 aromatic carbocycles. The minimum absolute atomic E-state index is 0.0236. The Hall–Kier alpha value is -2.18. The summed E-state index contributed by atoms with van der Waals surface area (Å²) in [6.07, 6.45) is -4.82. The maximum atomic E-state index is 11.9. The molecule has 0 bridgehead atoms. The predicted molar refractivity (Wildman–Crippen MR) is 50.8 cm³/mol. The number of hydrogen-bond acceptors (Lipinski definition) is 4. The third kappa shape index (κ3) is 2.49. The number of alkyl halides is 3. The van der Waals surface area contributed by atoms with Crippen molar-refractivity contribution in [1.29, 1.82) is 0 Å². The molecule has 7 heteroatoms. The second-order valence-electron chi connectivity index (χ2n) is 3.16. The normalized spacial score (nSPS) is 11.7. The molecule has 0 amide bonds. The van der Waals surface area contributed by atoms with Gasteiger partial charge in [0.1, 0.15) is 17.1 Å². The third-order valence-electron chi connectivity index (χ3n) is 1.93. The highest BCUT2D eigenvalue weighted by atomic mass is 19.4. The highest BCUT2D eigenvalue weighted by Gasteiger charge is 2.31. The summed E-state index contributed by atoms with van der Waals surface area (Å²) in [6, 6.07) is 3.79. The first-order valence-electron chi connectivity index (χ1n) is 4.38. The van der Waals surface area contributed by atoms with Gasteiger partial charge in [0, 0.05) is 0 Å². The fourth-order valence-electron chi connectivity index (χ4n) is 1.32. The Balaban J connectivity index is 2.54. The van der Waals surface area contributed by atoms with E-state index in [9.17, 15) is 23.1 Å². The van der Waals surface area contributed by atoms with E-state index in [-0.39, 0.29) is 11.0 Å². The van der Waals surface area contributed by atoms with Gasteiger partial charge in [0.25, 0.3) is 0 Å². The molecular formula is C10H5F3O4. The maximum Gasteiger partial charge on any atom is 0.573 e. The van der Waals surface area contributed by atoms with Crippen LogP contribution in [0.4, 0.5) is 13.2 Å². The second-order valence-corrected chi connectivity index (χ2v) is 3.16. The number of rotatable bonds is 1. The summed E-state index contributed by atoms with van der Waals surface area (Å²) < 4.78 is 44.2. The fraction of sp³-hybridized carbons (Fsp3) is 0.100. The number of aromatic hydroxyl groups is 1. The molecule has 0 aliphatic rings. The van der Waals surface area contributed by atoms with Crippen LogP contribution in [-0.4, -0.2) is 11.5 Å². The van der Waals surface area contributed by atoms with Gasteiger partial charge in [0.05, 0.1) is 11.5 Å². The Morgan fingerprint density at radius 3 is 2.59 bits per heavy atom. The molecule has 4 nitrogen and oxygen atoms in total. The average molecular weight is 246 g/mol. The third-order valence-corrected chi connectivity index (χ3v) is 1.93. The lowest BCUT2D eigenvalue weighted by Crippen LogP contribution is -2.17. The van der Waals surface area contributed by atoms with E-state index in [1.165, 1.54) is 0 Å². The molecule has 0 atom stereocenters. The van der Waals surface area contributed by atoms with Gasteiger partial charge in [0.15, 0.2) is 0 Å². The van der Waals surface area contributed by atoms with Crippen LogP contribution in [0.3, 0.4) is 0 Å². The fourth-order valence-corrected chi connectivity index (χ4v) is 1.32. The van der Waals surface area contributed by atoms with Gasteiger partial charge in [-0.1, -0.05) is 0 Å². The highest BCUT2D eigenvalue weighted by Crippen LogP contribution is 2.29. The van der Waals surface area contributed by atoms with Crippen molar-refractivity contribution >= 4 is 11.0 Å². The first-order chi connectivity index (χ1) is 7.85. The Bertz CT molecular complexity index is 615. The van der Waals surface area contributed by atoms with Crippen molar-refractivity contribution in [3.63, 3.8) is 0 Å². The lowest BCUT2D eigenvalue weighted by molar-refractivity contribution is -0.274. The molecule has 17 heavy (non-hydrogen) atoms. The molecule has 1 aromatic heterocycles. The molecule has 1 N–H and O–H groups in total. The monoisotopic (exact) mass is 246 g/mol. The summed E-state index contributed by atoms with van der Waals surface area (Å²) in [5.41, 5.74) is -0.816. The number of fused-ring (bicyclic) bond motifs is 1. The first-order valence-corrected chi connectivity index (χ1v) is 4.38. The molecule has 0 fully saturated rings. The summed E-state index contributed by atoms with van der Waals surface area (Å²) in [7, 11) is 0. The highest BCUT2D eigenvalue weighted by molar-refractivity contribution is 5.84. The van der Waals surface area contributed by atoms with E-state index in [1.54, 1.807) is 0 Å². The molecule has 0 aliphatic heterocycles. The van der Waals surface area contributed by atoms with Gasteiger partial charge in [-0.15, -0.1) is 13.2 Å². The molecule has 2 rings (SSSR count). The van der Waals surface area contributed by atoms with Crippen LogP contribution in [0.25, 0.3) is 11.0 Å². The van der Waals surface area contributed by atoms with Crippen molar-refractivity contribution in [2.75, 3.05) is 0 Å². The maximum absolute atomic E-state index is 11.9. The summed E-state index contributed by atoms with van der Waals surface area (Å²) in [6.45, 7) is 0. The van der Waals surface area contributed by atoms with Crippen LogP contribution in [-0.2, 0) is 0 Å². The zero-order valence-corrected chi connectivity index (χ0v) is 8.12. The number of halogens is 3. The zero-order chi connectivity index (χ0) is 12.6. The predicted octanol–water partition coefficient (Wildman–Crippen LogP) is 2.40. The lowest BCUT2D eigenvalue weighted by Gasteiger charge is -2.09. The second kappa shape index (κ2) is 3.69. The molecule has 0 unspecified atom stereocenters. The number of benzene rings is 1. The van der Waals surface area contributed by atoms with E-state index in [0.717, 1.165) is 24.3 Å². The average Bonchev–Trinajstić information content (AvgIpc) is 2.16. The van der Waals surface area contributed by atoms with Gasteiger partial charge in [0.2, 0.25) is 0 Å². The van der Waals surface area contributed by atoms with Crippen LogP contribution in [0, 0.1) is 0 Å². The van der Waals surface area contributed by atoms with Crippen LogP contribution in [0.2, 0.25) is 0 Å². The van der Waals surface area contributed by atoms with Crippen molar-refractivity contribution < 1.29 is 27.4 Å². The zero-order valence-electron chi connectivity index (χ0n) is 8.12.